The van der Waals surface area contributed by atoms with E-state index in [0.717, 1.165) is 11.4 Å². The van der Waals surface area contributed by atoms with Crippen molar-refractivity contribution in [1.29, 1.82) is 0 Å². The lowest BCUT2D eigenvalue weighted by atomic mass is 10.2. The zero-order chi connectivity index (χ0) is 12.1. The summed E-state index contributed by atoms with van der Waals surface area (Å²) in [5, 5.41) is 3.57. The summed E-state index contributed by atoms with van der Waals surface area (Å²) in [5.74, 6) is -0.165. The molecule has 3 nitrogen and oxygen atoms in total. The zero-order valence-corrected chi connectivity index (χ0v) is 11.0. The Morgan fingerprint density at radius 1 is 1.41 bits per heavy atom. The van der Waals surface area contributed by atoms with Gasteiger partial charge < -0.3 is 10.1 Å². The van der Waals surface area contributed by atoms with Gasteiger partial charge in [0.05, 0.1) is 13.5 Å². The second-order valence-electron chi connectivity index (χ2n) is 4.48. The molecule has 0 atom stereocenters. The van der Waals surface area contributed by atoms with Gasteiger partial charge in [-0.15, -0.1) is 11.3 Å². The Labute approximate surface area is 106 Å². The van der Waals surface area contributed by atoms with Crippen LogP contribution < -0.4 is 5.32 Å². The number of carbonyl (C=O) groups excluding carboxylic acids is 1. The molecule has 1 fully saturated rings. The molecule has 1 aromatic rings. The maximum absolute atomic E-state index is 11.1. The maximum Gasteiger partial charge on any atom is 0.310 e. The van der Waals surface area contributed by atoms with E-state index in [1.165, 1.54) is 37.7 Å². The molecule has 1 aromatic heterocycles. The number of ether oxygens (including phenoxy) is 1. The van der Waals surface area contributed by atoms with E-state index >= 15 is 0 Å². The summed E-state index contributed by atoms with van der Waals surface area (Å²) in [4.78, 5) is 13.5. The van der Waals surface area contributed by atoms with E-state index in [2.05, 4.69) is 16.1 Å². The van der Waals surface area contributed by atoms with E-state index in [1.54, 1.807) is 11.3 Å². The Balaban J connectivity index is 1.79. The maximum atomic E-state index is 11.1. The molecule has 0 aliphatic heterocycles. The lowest BCUT2D eigenvalue weighted by Gasteiger charge is -2.09. The van der Waals surface area contributed by atoms with Crippen LogP contribution in [0.3, 0.4) is 0 Å². The molecule has 1 aliphatic carbocycles. The van der Waals surface area contributed by atoms with E-state index in [0.29, 0.717) is 12.5 Å². The molecule has 0 aromatic carbocycles. The Kier molecular flexibility index (Phi) is 4.57. The second kappa shape index (κ2) is 6.17. The first-order valence-electron chi connectivity index (χ1n) is 6.15. The summed E-state index contributed by atoms with van der Waals surface area (Å²) in [7, 11) is 1.43. The molecule has 1 aliphatic rings. The number of hydrogen-bond acceptors (Lipinski definition) is 4. The molecule has 0 spiro atoms. The van der Waals surface area contributed by atoms with Gasteiger partial charge in [0.25, 0.3) is 0 Å². The molecule has 94 valence electrons. The molecule has 0 radical (unpaired) electrons. The summed E-state index contributed by atoms with van der Waals surface area (Å²) >= 11 is 1.70. The third kappa shape index (κ3) is 3.82. The Morgan fingerprint density at radius 2 is 2.12 bits per heavy atom. The van der Waals surface area contributed by atoms with Crippen LogP contribution in [0.1, 0.15) is 35.4 Å². The van der Waals surface area contributed by atoms with Gasteiger partial charge in [0.15, 0.2) is 0 Å². The van der Waals surface area contributed by atoms with Gasteiger partial charge in [0.1, 0.15) is 0 Å². The van der Waals surface area contributed by atoms with Crippen molar-refractivity contribution >= 4 is 17.3 Å². The van der Waals surface area contributed by atoms with Crippen molar-refractivity contribution in [2.75, 3.05) is 7.11 Å². The van der Waals surface area contributed by atoms with Crippen molar-refractivity contribution in [2.45, 2.75) is 44.7 Å². The predicted octanol–water partition coefficient (Wildman–Crippen LogP) is 2.50. The highest BCUT2D eigenvalue weighted by Gasteiger charge is 2.14. The highest BCUT2D eigenvalue weighted by atomic mass is 32.1. The summed E-state index contributed by atoms with van der Waals surface area (Å²) in [5.41, 5.74) is 0. The summed E-state index contributed by atoms with van der Waals surface area (Å²) in [6, 6.07) is 4.82. The Hall–Kier alpha value is -0.870. The first-order chi connectivity index (χ1) is 8.28. The number of carbonyl (C=O) groups is 1. The zero-order valence-electron chi connectivity index (χ0n) is 10.2. The number of hydrogen-bond donors (Lipinski definition) is 1. The van der Waals surface area contributed by atoms with E-state index in [4.69, 9.17) is 0 Å². The van der Waals surface area contributed by atoms with E-state index in [1.807, 2.05) is 6.07 Å². The highest BCUT2D eigenvalue weighted by Crippen LogP contribution is 2.20. The van der Waals surface area contributed by atoms with Crippen LogP contribution in [0.2, 0.25) is 0 Å². The van der Waals surface area contributed by atoms with E-state index < -0.39 is 0 Å². The van der Waals surface area contributed by atoms with E-state index in [-0.39, 0.29) is 5.97 Å². The smallest absolute Gasteiger partial charge is 0.310 e. The first-order valence-corrected chi connectivity index (χ1v) is 6.97. The number of esters is 1. The minimum Gasteiger partial charge on any atom is -0.469 e. The van der Waals surface area contributed by atoms with Crippen molar-refractivity contribution in [3.05, 3.63) is 21.9 Å². The molecule has 4 heteroatoms. The second-order valence-corrected chi connectivity index (χ2v) is 5.74. The molecule has 1 heterocycles. The van der Waals surface area contributed by atoms with Crippen LogP contribution in [0, 0.1) is 0 Å². The van der Waals surface area contributed by atoms with Gasteiger partial charge in [-0.3, -0.25) is 4.79 Å². The molecular weight excluding hydrogens is 234 g/mol. The lowest BCUT2D eigenvalue weighted by Crippen LogP contribution is -2.24. The van der Waals surface area contributed by atoms with Crippen molar-refractivity contribution in [3.8, 4) is 0 Å². The molecule has 17 heavy (non-hydrogen) atoms. The summed E-state index contributed by atoms with van der Waals surface area (Å²) < 4.78 is 4.66. The minimum atomic E-state index is -0.165. The van der Waals surface area contributed by atoms with Crippen LogP contribution in [0.5, 0.6) is 0 Å². The quantitative estimate of drug-likeness (QED) is 0.819. The van der Waals surface area contributed by atoms with Crippen molar-refractivity contribution in [2.24, 2.45) is 0 Å². The normalized spacial score (nSPS) is 16.3. The lowest BCUT2D eigenvalue weighted by molar-refractivity contribution is -0.139. The number of nitrogens with one attached hydrogen (secondary N) is 1. The number of methoxy groups -OCH3 is 1. The summed E-state index contributed by atoms with van der Waals surface area (Å²) in [6.07, 6.45) is 5.72. The van der Waals surface area contributed by atoms with Crippen LogP contribution in [0.4, 0.5) is 0 Å². The number of thiophene rings is 1. The van der Waals surface area contributed by atoms with Gasteiger partial charge in [0.2, 0.25) is 0 Å². The van der Waals surface area contributed by atoms with Crippen molar-refractivity contribution in [3.63, 3.8) is 0 Å². The van der Waals surface area contributed by atoms with Gasteiger partial charge in [-0.05, 0) is 25.0 Å². The fourth-order valence-electron chi connectivity index (χ4n) is 2.20. The molecule has 0 amide bonds. The van der Waals surface area contributed by atoms with Gasteiger partial charge in [-0.2, -0.15) is 0 Å². The molecular formula is C13H19NO2S. The largest absolute Gasteiger partial charge is 0.469 e. The van der Waals surface area contributed by atoms with Crippen molar-refractivity contribution < 1.29 is 9.53 Å². The topological polar surface area (TPSA) is 38.3 Å². The average molecular weight is 253 g/mol. The minimum absolute atomic E-state index is 0.165. The van der Waals surface area contributed by atoms with Crippen LogP contribution in [-0.4, -0.2) is 19.1 Å². The van der Waals surface area contributed by atoms with Crippen LogP contribution >= 0.6 is 11.3 Å². The van der Waals surface area contributed by atoms with Gasteiger partial charge in [-0.25, -0.2) is 0 Å². The third-order valence-corrected chi connectivity index (χ3v) is 4.27. The average Bonchev–Trinajstić information content (AvgIpc) is 2.97. The Morgan fingerprint density at radius 3 is 2.82 bits per heavy atom. The van der Waals surface area contributed by atoms with E-state index in [9.17, 15) is 4.79 Å². The fourth-order valence-corrected chi connectivity index (χ4v) is 3.16. The number of rotatable bonds is 5. The molecule has 1 saturated carbocycles. The highest BCUT2D eigenvalue weighted by molar-refractivity contribution is 7.12. The molecule has 2 rings (SSSR count). The Bertz CT molecular complexity index is 369. The SMILES string of the molecule is COC(=O)Cc1ccc(CNC2CCCC2)s1. The molecule has 1 N–H and O–H groups in total. The van der Waals surface area contributed by atoms with Gasteiger partial charge in [0, 0.05) is 22.3 Å². The summed E-state index contributed by atoms with van der Waals surface area (Å²) in [6.45, 7) is 0.927. The van der Waals surface area contributed by atoms with Crippen LogP contribution in [0.15, 0.2) is 12.1 Å². The molecule has 0 saturated heterocycles. The van der Waals surface area contributed by atoms with Crippen LogP contribution in [-0.2, 0) is 22.5 Å². The molecule has 0 bridgehead atoms. The molecule has 0 unspecified atom stereocenters. The van der Waals surface area contributed by atoms with Crippen LogP contribution in [0.25, 0.3) is 0 Å². The monoisotopic (exact) mass is 253 g/mol. The fraction of sp³-hybridized carbons (Fsp3) is 0.615. The first kappa shape index (κ1) is 12.6. The third-order valence-electron chi connectivity index (χ3n) is 3.18. The van der Waals surface area contributed by atoms with Crippen molar-refractivity contribution in [1.82, 2.24) is 5.32 Å². The standard InChI is InChI=1S/C13H19NO2S/c1-16-13(15)8-11-6-7-12(17-11)9-14-10-4-2-3-5-10/h6-7,10,14H,2-5,8-9H2,1H3. The van der Waals surface area contributed by atoms with Gasteiger partial charge in [-0.1, -0.05) is 12.8 Å². The predicted molar refractivity (Wildman–Crippen MR) is 69.1 cm³/mol. The van der Waals surface area contributed by atoms with Gasteiger partial charge >= 0.3 is 5.97 Å².